The molecule has 0 radical (unpaired) electrons. The van der Waals surface area contributed by atoms with Crippen molar-refractivity contribution in [2.75, 3.05) is 30.4 Å². The number of carbonyl (C=O) groups is 1. The van der Waals surface area contributed by atoms with Crippen molar-refractivity contribution < 1.29 is 31.8 Å². The third-order valence-electron chi connectivity index (χ3n) is 7.05. The Balaban J connectivity index is 1.61. The van der Waals surface area contributed by atoms with E-state index < -0.39 is 32.4 Å². The molecule has 0 unspecified atom stereocenters. The molecule has 0 aliphatic carbocycles. The van der Waals surface area contributed by atoms with Gasteiger partial charge in [0.25, 0.3) is 10.0 Å². The van der Waals surface area contributed by atoms with Crippen LogP contribution < -0.4 is 19.1 Å². The van der Waals surface area contributed by atoms with Gasteiger partial charge in [-0.2, -0.15) is 0 Å². The second kappa shape index (κ2) is 12.3. The summed E-state index contributed by atoms with van der Waals surface area (Å²) >= 11 is 1.23. The van der Waals surface area contributed by atoms with Crippen LogP contribution in [0.5, 0.6) is 11.5 Å². The predicted molar refractivity (Wildman–Crippen MR) is 161 cm³/mol. The van der Waals surface area contributed by atoms with Crippen molar-refractivity contribution >= 4 is 39.0 Å². The number of methoxy groups -OCH3 is 2. The lowest BCUT2D eigenvalue weighted by Gasteiger charge is -2.29. The van der Waals surface area contributed by atoms with Gasteiger partial charge in [-0.25, -0.2) is 26.9 Å². The van der Waals surface area contributed by atoms with Crippen molar-refractivity contribution in [2.24, 2.45) is 0 Å². The first-order chi connectivity index (χ1) is 19.7. The van der Waals surface area contributed by atoms with Gasteiger partial charge in [0, 0.05) is 35.3 Å². The highest BCUT2D eigenvalue weighted by Gasteiger charge is 2.37. The summed E-state index contributed by atoms with van der Waals surface area (Å²) in [4.78, 5) is 18.0. The van der Waals surface area contributed by atoms with Gasteiger partial charge in [0.2, 0.25) is 0 Å². The lowest BCUT2D eigenvalue weighted by Crippen LogP contribution is -2.42. The molecular formula is C29H37FN4O6S2. The van der Waals surface area contributed by atoms with E-state index in [1.54, 1.807) is 35.4 Å². The number of halogens is 1. The number of benzene rings is 2. The molecular weight excluding hydrogens is 583 g/mol. The number of anilines is 2. The molecule has 1 aliphatic heterocycles. The Morgan fingerprint density at radius 2 is 1.95 bits per heavy atom. The van der Waals surface area contributed by atoms with E-state index in [0.29, 0.717) is 41.3 Å². The summed E-state index contributed by atoms with van der Waals surface area (Å²) in [6.45, 7) is 9.39. The topological polar surface area (TPSA) is 110 Å². The number of carbonyl (C=O) groups excluding carboxylic acids is 1. The Hall–Kier alpha value is -3.58. The lowest BCUT2D eigenvalue weighted by atomic mass is 10.1. The molecule has 0 spiro atoms. The molecule has 0 bridgehead atoms. The summed E-state index contributed by atoms with van der Waals surface area (Å²) in [5, 5.41) is 4.90. The van der Waals surface area contributed by atoms with Crippen LogP contribution in [0, 0.1) is 12.7 Å². The maximum atomic E-state index is 15.7. The first kappa shape index (κ1) is 31.4. The standard InChI is InChI=1S/C29H37FN4O6S2/c1-18-12-26(22(30)14-24(18)32-23-10-11-33(19(23)2)28(35)40-29(3,4)5)42(36,37)34(27-16-41-17-31-27)15-20-8-9-21(38-6)13-25(20)39-7/h8-9,12-14,16-17,19,23,32H,10-11,15H2,1-7H3/t19-,23-/m1/s1. The molecule has 3 aromatic rings. The lowest BCUT2D eigenvalue weighted by molar-refractivity contribution is 0.0235. The van der Waals surface area contributed by atoms with Crippen LogP contribution in [0.3, 0.4) is 0 Å². The number of likely N-dealkylation sites (tertiary alicyclic amines) is 1. The van der Waals surface area contributed by atoms with Gasteiger partial charge < -0.3 is 24.4 Å². The van der Waals surface area contributed by atoms with Crippen molar-refractivity contribution in [3.63, 3.8) is 0 Å². The van der Waals surface area contributed by atoms with Crippen molar-refractivity contribution in [2.45, 2.75) is 70.2 Å². The van der Waals surface area contributed by atoms with Crippen molar-refractivity contribution in [3.8, 4) is 11.5 Å². The van der Waals surface area contributed by atoms with E-state index in [9.17, 15) is 13.2 Å². The number of hydrogen-bond donors (Lipinski definition) is 1. The minimum Gasteiger partial charge on any atom is -0.497 e. The fourth-order valence-corrected chi connectivity index (χ4v) is 6.92. The summed E-state index contributed by atoms with van der Waals surface area (Å²) in [5.74, 6) is 0.236. The van der Waals surface area contributed by atoms with E-state index in [1.807, 2.05) is 27.7 Å². The summed E-state index contributed by atoms with van der Waals surface area (Å²) in [6.07, 6.45) is 0.224. The van der Waals surface area contributed by atoms with Gasteiger partial charge in [-0.15, -0.1) is 11.3 Å². The maximum Gasteiger partial charge on any atom is 0.410 e. The number of aromatic nitrogens is 1. The molecule has 228 valence electrons. The second-order valence-corrected chi connectivity index (χ2v) is 13.6. The largest absolute Gasteiger partial charge is 0.497 e. The van der Waals surface area contributed by atoms with Gasteiger partial charge >= 0.3 is 6.09 Å². The fourth-order valence-electron chi connectivity index (χ4n) is 4.79. The number of hydrogen-bond acceptors (Lipinski definition) is 9. The molecule has 0 saturated carbocycles. The summed E-state index contributed by atoms with van der Waals surface area (Å²) in [5.41, 5.74) is 2.44. The van der Waals surface area contributed by atoms with E-state index in [0.717, 1.165) is 4.31 Å². The Kier molecular flexibility index (Phi) is 9.21. The zero-order chi connectivity index (χ0) is 30.8. The predicted octanol–water partition coefficient (Wildman–Crippen LogP) is 5.81. The van der Waals surface area contributed by atoms with Crippen LogP contribution in [0.2, 0.25) is 0 Å². The number of amides is 1. The Bertz CT molecular complexity index is 1530. The molecule has 2 aromatic carbocycles. The number of thiazole rings is 1. The summed E-state index contributed by atoms with van der Waals surface area (Å²) in [6, 6.07) is 7.17. The fraction of sp³-hybridized carbons (Fsp3) is 0.448. The highest BCUT2D eigenvalue weighted by atomic mass is 32.2. The minimum atomic E-state index is -4.39. The van der Waals surface area contributed by atoms with Crippen LogP contribution in [0.4, 0.5) is 20.7 Å². The van der Waals surface area contributed by atoms with Gasteiger partial charge in [-0.05, 0) is 70.9 Å². The van der Waals surface area contributed by atoms with Gasteiger partial charge in [0.15, 0.2) is 5.82 Å². The minimum absolute atomic E-state index is 0.141. The molecule has 1 aliphatic rings. The van der Waals surface area contributed by atoms with E-state index in [1.165, 1.54) is 43.2 Å². The van der Waals surface area contributed by atoms with Gasteiger partial charge in [-0.1, -0.05) is 0 Å². The van der Waals surface area contributed by atoms with E-state index in [2.05, 4.69) is 10.3 Å². The monoisotopic (exact) mass is 620 g/mol. The van der Waals surface area contributed by atoms with Crippen LogP contribution in [0.1, 0.15) is 45.2 Å². The molecule has 1 amide bonds. The number of rotatable bonds is 9. The van der Waals surface area contributed by atoms with E-state index in [4.69, 9.17) is 14.2 Å². The highest BCUT2D eigenvalue weighted by Crippen LogP contribution is 2.34. The molecule has 10 nitrogen and oxygen atoms in total. The Morgan fingerprint density at radius 1 is 1.21 bits per heavy atom. The molecule has 1 aromatic heterocycles. The molecule has 2 atom stereocenters. The van der Waals surface area contributed by atoms with Crippen LogP contribution >= 0.6 is 11.3 Å². The van der Waals surface area contributed by atoms with Crippen LogP contribution in [-0.2, 0) is 21.3 Å². The number of sulfonamides is 1. The highest BCUT2D eigenvalue weighted by molar-refractivity contribution is 7.92. The van der Waals surface area contributed by atoms with Crippen molar-refractivity contribution in [3.05, 3.63) is 58.2 Å². The van der Waals surface area contributed by atoms with Crippen molar-refractivity contribution in [1.29, 1.82) is 0 Å². The maximum absolute atomic E-state index is 15.7. The number of nitrogens with one attached hydrogen (secondary N) is 1. The zero-order valence-electron chi connectivity index (χ0n) is 24.8. The molecule has 1 saturated heterocycles. The van der Waals surface area contributed by atoms with Gasteiger partial charge in [0.05, 0.1) is 32.3 Å². The first-order valence-electron chi connectivity index (χ1n) is 13.4. The zero-order valence-corrected chi connectivity index (χ0v) is 26.4. The quantitative estimate of drug-likeness (QED) is 0.319. The third-order valence-corrected chi connectivity index (χ3v) is 9.39. The molecule has 4 rings (SSSR count). The average Bonchev–Trinajstić information content (AvgIpc) is 3.58. The Labute approximate surface area is 250 Å². The number of aryl methyl sites for hydroxylation is 1. The summed E-state index contributed by atoms with van der Waals surface area (Å²) in [7, 11) is -1.39. The normalized spacial score (nSPS) is 17.2. The summed E-state index contributed by atoms with van der Waals surface area (Å²) < 4.78 is 60.9. The smallest absolute Gasteiger partial charge is 0.410 e. The van der Waals surface area contributed by atoms with Crippen LogP contribution in [0.25, 0.3) is 0 Å². The molecule has 2 heterocycles. The molecule has 1 N–H and O–H groups in total. The van der Waals surface area contributed by atoms with Crippen molar-refractivity contribution in [1.82, 2.24) is 9.88 Å². The van der Waals surface area contributed by atoms with Gasteiger partial charge in [0.1, 0.15) is 27.8 Å². The van der Waals surface area contributed by atoms with E-state index in [-0.39, 0.29) is 24.4 Å². The van der Waals surface area contributed by atoms with Crippen LogP contribution in [-0.4, -0.2) is 62.8 Å². The molecule has 42 heavy (non-hydrogen) atoms. The first-order valence-corrected chi connectivity index (χ1v) is 15.8. The second-order valence-electron chi connectivity index (χ2n) is 11.1. The molecule has 1 fully saturated rings. The average molecular weight is 621 g/mol. The SMILES string of the molecule is COc1ccc(CN(c2cscn2)S(=O)(=O)c2cc(C)c(N[C@@H]3CCN(C(=O)OC(C)(C)C)[C@@H]3C)cc2F)c(OC)c1. The number of ether oxygens (including phenoxy) is 3. The van der Waals surface area contributed by atoms with Crippen LogP contribution in [0.15, 0.2) is 46.1 Å². The molecule has 13 heteroatoms. The Morgan fingerprint density at radius 3 is 2.57 bits per heavy atom. The van der Waals surface area contributed by atoms with Gasteiger partial charge in [-0.3, -0.25) is 0 Å². The van der Waals surface area contributed by atoms with E-state index >= 15 is 4.39 Å². The third kappa shape index (κ3) is 6.73. The number of nitrogens with zero attached hydrogens (tertiary/aromatic N) is 3.